The van der Waals surface area contributed by atoms with E-state index >= 15 is 0 Å². The molecule has 1 fully saturated rings. The Bertz CT molecular complexity index is 692. The van der Waals surface area contributed by atoms with Gasteiger partial charge in [0, 0.05) is 6.08 Å². The number of esters is 1. The third-order valence-corrected chi connectivity index (χ3v) is 3.16. The molecule has 0 aliphatic carbocycles. The fraction of sp³-hybridized carbons (Fsp3) is 0.0588. The Morgan fingerprint density at radius 1 is 0.905 bits per heavy atom. The zero-order chi connectivity index (χ0) is 14.7. The van der Waals surface area contributed by atoms with Crippen molar-refractivity contribution in [2.75, 3.05) is 0 Å². The minimum Gasteiger partial charge on any atom is -0.402 e. The molecule has 1 saturated heterocycles. The van der Waals surface area contributed by atoms with Gasteiger partial charge >= 0.3 is 11.9 Å². The third-order valence-electron chi connectivity index (χ3n) is 3.16. The van der Waals surface area contributed by atoms with Crippen LogP contribution in [0.25, 0.3) is 6.08 Å². The van der Waals surface area contributed by atoms with Crippen LogP contribution >= 0.6 is 0 Å². The van der Waals surface area contributed by atoms with Crippen LogP contribution in [0.5, 0.6) is 0 Å². The maximum atomic E-state index is 11.9. The molecule has 0 unspecified atom stereocenters. The van der Waals surface area contributed by atoms with Gasteiger partial charge < -0.3 is 4.74 Å². The first-order valence-corrected chi connectivity index (χ1v) is 6.58. The molecule has 0 atom stereocenters. The molecule has 0 N–H and O–H groups in total. The molecular weight excluding hydrogens is 266 g/mol. The van der Waals surface area contributed by atoms with E-state index < -0.39 is 11.9 Å². The molecule has 104 valence electrons. The van der Waals surface area contributed by atoms with Crippen molar-refractivity contribution in [1.82, 2.24) is 4.90 Å². The number of ether oxygens (including phenoxy) is 1. The van der Waals surface area contributed by atoms with E-state index in [0.717, 1.165) is 11.1 Å². The van der Waals surface area contributed by atoms with E-state index in [4.69, 9.17) is 4.74 Å². The molecule has 1 aliphatic rings. The van der Waals surface area contributed by atoms with Crippen molar-refractivity contribution in [2.24, 2.45) is 0 Å². The third kappa shape index (κ3) is 2.84. The molecule has 21 heavy (non-hydrogen) atoms. The smallest absolute Gasteiger partial charge is 0.402 e. The number of cyclic esters (lactones) is 1. The van der Waals surface area contributed by atoms with E-state index in [2.05, 4.69) is 0 Å². The Kier molecular flexibility index (Phi) is 3.51. The molecule has 2 aromatic carbocycles. The van der Waals surface area contributed by atoms with Gasteiger partial charge in [-0.05, 0) is 11.1 Å². The zero-order valence-corrected chi connectivity index (χ0v) is 11.2. The first-order valence-electron chi connectivity index (χ1n) is 6.58. The maximum Gasteiger partial charge on any atom is 0.404 e. The molecule has 0 bridgehead atoms. The van der Waals surface area contributed by atoms with Crippen molar-refractivity contribution < 1.29 is 14.3 Å². The fourth-order valence-electron chi connectivity index (χ4n) is 2.12. The molecule has 3 rings (SSSR count). The predicted molar refractivity (Wildman–Crippen MR) is 77.5 cm³/mol. The lowest BCUT2D eigenvalue weighted by atomic mass is 10.2. The molecule has 1 aliphatic heterocycles. The van der Waals surface area contributed by atoms with Gasteiger partial charge in [0.1, 0.15) is 0 Å². The number of benzene rings is 2. The average molecular weight is 279 g/mol. The van der Waals surface area contributed by atoms with E-state index in [1.54, 1.807) is 6.08 Å². The Morgan fingerprint density at radius 2 is 1.52 bits per heavy atom. The molecule has 1 amide bonds. The summed E-state index contributed by atoms with van der Waals surface area (Å²) in [4.78, 5) is 24.8. The Hall–Kier alpha value is -2.88. The lowest BCUT2D eigenvalue weighted by Gasteiger charge is -2.14. The molecular formula is C17H13NO3. The van der Waals surface area contributed by atoms with Gasteiger partial charge in [0.15, 0.2) is 0 Å². The molecule has 1 heterocycles. The summed E-state index contributed by atoms with van der Waals surface area (Å²) < 4.78 is 5.06. The van der Waals surface area contributed by atoms with Gasteiger partial charge in [-0.3, -0.25) is 9.69 Å². The number of carbonyl (C=O) groups excluding carboxylic acids is 2. The summed E-state index contributed by atoms with van der Waals surface area (Å²) in [6, 6.07) is 18.9. The summed E-state index contributed by atoms with van der Waals surface area (Å²) in [6.45, 7) is 0.310. The number of hydrogen-bond acceptors (Lipinski definition) is 3. The lowest BCUT2D eigenvalue weighted by molar-refractivity contribution is -0.147. The molecule has 0 spiro atoms. The Morgan fingerprint density at radius 3 is 2.19 bits per heavy atom. The van der Waals surface area contributed by atoms with Gasteiger partial charge in [0.25, 0.3) is 0 Å². The largest absolute Gasteiger partial charge is 0.404 e. The van der Waals surface area contributed by atoms with Gasteiger partial charge in [0.2, 0.25) is 5.88 Å². The molecule has 4 nitrogen and oxygen atoms in total. The van der Waals surface area contributed by atoms with Crippen LogP contribution in [0.3, 0.4) is 0 Å². The topological polar surface area (TPSA) is 46.6 Å². The first-order chi connectivity index (χ1) is 10.2. The van der Waals surface area contributed by atoms with Gasteiger partial charge in [-0.15, -0.1) is 0 Å². The number of rotatable bonds is 3. The van der Waals surface area contributed by atoms with Crippen molar-refractivity contribution in [2.45, 2.75) is 6.54 Å². The molecule has 0 radical (unpaired) electrons. The maximum absolute atomic E-state index is 11.9. The zero-order valence-electron chi connectivity index (χ0n) is 11.2. The second kappa shape index (κ2) is 5.63. The van der Waals surface area contributed by atoms with Crippen molar-refractivity contribution in [3.05, 3.63) is 77.7 Å². The van der Waals surface area contributed by atoms with E-state index in [0.29, 0.717) is 6.54 Å². The van der Waals surface area contributed by atoms with Gasteiger partial charge in [-0.25, -0.2) is 4.79 Å². The predicted octanol–water partition coefficient (Wildman–Crippen LogP) is 2.57. The van der Waals surface area contributed by atoms with Gasteiger partial charge in [-0.1, -0.05) is 60.7 Å². The van der Waals surface area contributed by atoms with Crippen LogP contribution in [0, 0.1) is 0 Å². The van der Waals surface area contributed by atoms with E-state index in [-0.39, 0.29) is 5.88 Å². The minimum absolute atomic E-state index is 0.264. The van der Waals surface area contributed by atoms with Crippen LogP contribution in [0.1, 0.15) is 11.1 Å². The quantitative estimate of drug-likeness (QED) is 0.641. The van der Waals surface area contributed by atoms with Crippen LogP contribution in [0.2, 0.25) is 0 Å². The molecule has 0 saturated carbocycles. The second-order valence-electron chi connectivity index (χ2n) is 4.66. The average Bonchev–Trinajstić information content (AvgIpc) is 2.77. The highest BCUT2D eigenvalue weighted by Gasteiger charge is 2.36. The van der Waals surface area contributed by atoms with Crippen molar-refractivity contribution in [3.8, 4) is 0 Å². The highest BCUT2D eigenvalue weighted by molar-refractivity contribution is 6.35. The molecule has 2 aromatic rings. The number of amides is 1. The van der Waals surface area contributed by atoms with Crippen LogP contribution in [0.4, 0.5) is 0 Å². The summed E-state index contributed by atoms with van der Waals surface area (Å²) in [5, 5.41) is 0. The number of nitrogens with zero attached hydrogens (tertiary/aromatic N) is 1. The minimum atomic E-state index is -0.840. The number of carbonyl (C=O) groups is 2. The van der Waals surface area contributed by atoms with Crippen molar-refractivity contribution in [3.63, 3.8) is 0 Å². The highest BCUT2D eigenvalue weighted by atomic mass is 16.6. The highest BCUT2D eigenvalue weighted by Crippen LogP contribution is 2.22. The summed E-state index contributed by atoms with van der Waals surface area (Å²) >= 11 is 0. The summed E-state index contributed by atoms with van der Waals surface area (Å²) in [5.41, 5.74) is 1.80. The monoisotopic (exact) mass is 279 g/mol. The fourth-order valence-corrected chi connectivity index (χ4v) is 2.12. The van der Waals surface area contributed by atoms with Crippen LogP contribution < -0.4 is 0 Å². The Balaban J connectivity index is 1.90. The normalized spacial score (nSPS) is 16.4. The summed E-state index contributed by atoms with van der Waals surface area (Å²) in [6.07, 6.45) is 1.69. The van der Waals surface area contributed by atoms with Crippen molar-refractivity contribution >= 4 is 18.0 Å². The van der Waals surface area contributed by atoms with Crippen LogP contribution in [-0.4, -0.2) is 16.8 Å². The van der Waals surface area contributed by atoms with Crippen LogP contribution in [0.15, 0.2) is 66.5 Å². The SMILES string of the molecule is O=C1O/C(=C\c2ccccc2)N(Cc2ccccc2)C1=O. The molecule has 4 heteroatoms. The lowest BCUT2D eigenvalue weighted by Crippen LogP contribution is -2.25. The second-order valence-corrected chi connectivity index (χ2v) is 4.66. The first kappa shape index (κ1) is 13.1. The van der Waals surface area contributed by atoms with Gasteiger partial charge in [0.05, 0.1) is 6.54 Å². The Labute approximate surface area is 122 Å². The van der Waals surface area contributed by atoms with Gasteiger partial charge in [-0.2, -0.15) is 0 Å². The molecule has 0 aromatic heterocycles. The van der Waals surface area contributed by atoms with Crippen LogP contribution in [-0.2, 0) is 20.9 Å². The van der Waals surface area contributed by atoms with E-state index in [1.165, 1.54) is 4.90 Å². The van der Waals surface area contributed by atoms with E-state index in [1.807, 2.05) is 60.7 Å². The number of hydrogen-bond donors (Lipinski definition) is 0. The standard InChI is InChI=1S/C17H13NO3/c19-16-17(20)21-15(11-13-7-3-1-4-8-13)18(16)12-14-9-5-2-6-10-14/h1-11H,12H2/b15-11-. The van der Waals surface area contributed by atoms with E-state index in [9.17, 15) is 9.59 Å². The summed E-state index contributed by atoms with van der Waals surface area (Å²) in [5.74, 6) is -1.21. The van der Waals surface area contributed by atoms with Crippen molar-refractivity contribution in [1.29, 1.82) is 0 Å². The summed E-state index contributed by atoms with van der Waals surface area (Å²) in [7, 11) is 0.